The SMILES string of the molecule is O=C(CC(=O)N1CCN(c2ccccc2)CC1)Nc1ccc(Cl)nc1Cl. The molecule has 1 aliphatic heterocycles. The summed E-state index contributed by atoms with van der Waals surface area (Å²) in [5.74, 6) is -0.625. The van der Waals surface area contributed by atoms with Gasteiger partial charge in [-0.3, -0.25) is 9.59 Å². The van der Waals surface area contributed by atoms with E-state index in [1.807, 2.05) is 18.2 Å². The number of carbonyl (C=O) groups excluding carboxylic acids is 2. The Morgan fingerprint density at radius 3 is 2.35 bits per heavy atom. The van der Waals surface area contributed by atoms with Gasteiger partial charge in [0.25, 0.3) is 0 Å². The summed E-state index contributed by atoms with van der Waals surface area (Å²) < 4.78 is 0. The molecule has 6 nitrogen and oxygen atoms in total. The van der Waals surface area contributed by atoms with Crippen LogP contribution in [0.15, 0.2) is 42.5 Å². The van der Waals surface area contributed by atoms with Crippen molar-refractivity contribution >= 4 is 46.4 Å². The predicted molar refractivity (Wildman–Crippen MR) is 103 cm³/mol. The number of anilines is 2. The van der Waals surface area contributed by atoms with Gasteiger partial charge in [-0.05, 0) is 24.3 Å². The van der Waals surface area contributed by atoms with Crippen molar-refractivity contribution in [2.24, 2.45) is 0 Å². The highest BCUT2D eigenvalue weighted by atomic mass is 35.5. The van der Waals surface area contributed by atoms with Gasteiger partial charge in [0.15, 0.2) is 5.15 Å². The minimum atomic E-state index is -0.425. The van der Waals surface area contributed by atoms with E-state index in [0.717, 1.165) is 18.8 Å². The van der Waals surface area contributed by atoms with E-state index >= 15 is 0 Å². The third-order valence-corrected chi connectivity index (χ3v) is 4.65. The highest BCUT2D eigenvalue weighted by Crippen LogP contribution is 2.22. The van der Waals surface area contributed by atoms with E-state index < -0.39 is 5.91 Å². The highest BCUT2D eigenvalue weighted by Gasteiger charge is 2.23. The van der Waals surface area contributed by atoms with Gasteiger partial charge < -0.3 is 15.1 Å². The lowest BCUT2D eigenvalue weighted by Crippen LogP contribution is -2.49. The van der Waals surface area contributed by atoms with E-state index in [9.17, 15) is 9.59 Å². The van der Waals surface area contributed by atoms with E-state index in [1.54, 1.807) is 11.0 Å². The molecular weight excluding hydrogens is 375 g/mol. The number of benzene rings is 1. The Bertz CT molecular complexity index is 793. The number of hydrogen-bond acceptors (Lipinski definition) is 4. The molecule has 1 aromatic carbocycles. The first-order valence-electron chi connectivity index (χ1n) is 8.22. The summed E-state index contributed by atoms with van der Waals surface area (Å²) in [5.41, 5.74) is 1.48. The Hall–Kier alpha value is -2.31. The topological polar surface area (TPSA) is 65.5 Å². The van der Waals surface area contributed by atoms with Gasteiger partial charge in [0.2, 0.25) is 11.8 Å². The zero-order chi connectivity index (χ0) is 18.5. The number of amides is 2. The largest absolute Gasteiger partial charge is 0.368 e. The van der Waals surface area contributed by atoms with Gasteiger partial charge in [0.05, 0.1) is 5.69 Å². The van der Waals surface area contributed by atoms with Crippen LogP contribution in [0.3, 0.4) is 0 Å². The van der Waals surface area contributed by atoms with Crippen molar-refractivity contribution in [1.82, 2.24) is 9.88 Å². The molecular formula is C18H18Cl2N4O2. The van der Waals surface area contributed by atoms with E-state index in [2.05, 4.69) is 27.3 Å². The molecule has 26 heavy (non-hydrogen) atoms. The van der Waals surface area contributed by atoms with Gasteiger partial charge in [-0.1, -0.05) is 41.4 Å². The van der Waals surface area contributed by atoms with Crippen LogP contribution in [0.2, 0.25) is 10.3 Å². The Morgan fingerprint density at radius 1 is 1.00 bits per heavy atom. The van der Waals surface area contributed by atoms with Crippen molar-refractivity contribution in [1.29, 1.82) is 0 Å². The molecule has 0 unspecified atom stereocenters. The molecule has 0 spiro atoms. The number of nitrogens with one attached hydrogen (secondary N) is 1. The maximum atomic E-state index is 12.4. The quantitative estimate of drug-likeness (QED) is 0.641. The fraction of sp³-hybridized carbons (Fsp3) is 0.278. The van der Waals surface area contributed by atoms with Gasteiger partial charge >= 0.3 is 0 Å². The van der Waals surface area contributed by atoms with Crippen molar-refractivity contribution in [3.05, 3.63) is 52.8 Å². The number of rotatable bonds is 4. The lowest BCUT2D eigenvalue weighted by atomic mass is 10.2. The van der Waals surface area contributed by atoms with Crippen LogP contribution >= 0.6 is 23.2 Å². The van der Waals surface area contributed by atoms with Crippen LogP contribution in [0, 0.1) is 0 Å². The molecule has 0 saturated carbocycles. The van der Waals surface area contributed by atoms with Gasteiger partial charge in [-0.2, -0.15) is 0 Å². The molecule has 3 rings (SSSR count). The summed E-state index contributed by atoms with van der Waals surface area (Å²) in [6.45, 7) is 2.66. The molecule has 1 fully saturated rings. The highest BCUT2D eigenvalue weighted by molar-refractivity contribution is 6.34. The Morgan fingerprint density at radius 2 is 1.69 bits per heavy atom. The van der Waals surface area contributed by atoms with Gasteiger partial charge in [0.1, 0.15) is 11.6 Å². The molecule has 1 saturated heterocycles. The zero-order valence-electron chi connectivity index (χ0n) is 14.0. The van der Waals surface area contributed by atoms with E-state index in [-0.39, 0.29) is 22.6 Å². The second kappa shape index (κ2) is 8.38. The molecule has 136 valence electrons. The summed E-state index contributed by atoms with van der Waals surface area (Å²) >= 11 is 11.6. The van der Waals surface area contributed by atoms with Crippen molar-refractivity contribution in [3.63, 3.8) is 0 Å². The van der Waals surface area contributed by atoms with Crippen LogP contribution in [0.4, 0.5) is 11.4 Å². The molecule has 0 aliphatic carbocycles. The number of piperazine rings is 1. The van der Waals surface area contributed by atoms with Crippen LogP contribution in [0.25, 0.3) is 0 Å². The molecule has 8 heteroatoms. The summed E-state index contributed by atoms with van der Waals surface area (Å²) in [5, 5.41) is 2.92. The lowest BCUT2D eigenvalue weighted by molar-refractivity contribution is -0.134. The standard InChI is InChI=1S/C18H18Cl2N4O2/c19-15-7-6-14(18(20)22-15)21-16(25)12-17(26)24-10-8-23(9-11-24)13-4-2-1-3-5-13/h1-7H,8-12H2,(H,21,25). The first-order chi connectivity index (χ1) is 12.5. The van der Waals surface area contributed by atoms with Crippen molar-refractivity contribution < 1.29 is 9.59 Å². The second-order valence-corrected chi connectivity index (χ2v) is 6.65. The zero-order valence-corrected chi connectivity index (χ0v) is 15.5. The van der Waals surface area contributed by atoms with Crippen LogP contribution in [0.1, 0.15) is 6.42 Å². The van der Waals surface area contributed by atoms with Crippen molar-refractivity contribution in [2.45, 2.75) is 6.42 Å². The number of carbonyl (C=O) groups is 2. The van der Waals surface area contributed by atoms with Crippen LogP contribution < -0.4 is 10.2 Å². The minimum absolute atomic E-state index is 0.0924. The monoisotopic (exact) mass is 392 g/mol. The number of pyridine rings is 1. The van der Waals surface area contributed by atoms with Gasteiger partial charge in [0, 0.05) is 31.9 Å². The molecule has 1 aromatic heterocycles. The Kier molecular flexibility index (Phi) is 5.96. The Labute approximate surface area is 161 Å². The molecule has 2 aromatic rings. The molecule has 1 N–H and O–H groups in total. The molecule has 0 bridgehead atoms. The number of hydrogen-bond donors (Lipinski definition) is 1. The second-order valence-electron chi connectivity index (χ2n) is 5.90. The lowest BCUT2D eigenvalue weighted by Gasteiger charge is -2.36. The Balaban J connectivity index is 1.50. The molecule has 0 radical (unpaired) electrons. The molecule has 2 heterocycles. The van der Waals surface area contributed by atoms with E-state index in [4.69, 9.17) is 23.2 Å². The van der Waals surface area contributed by atoms with Crippen molar-refractivity contribution in [2.75, 3.05) is 36.4 Å². The average Bonchev–Trinajstić information content (AvgIpc) is 2.65. The summed E-state index contributed by atoms with van der Waals surface area (Å²) in [6, 6.07) is 13.1. The fourth-order valence-electron chi connectivity index (χ4n) is 2.80. The number of para-hydroxylation sites is 1. The van der Waals surface area contributed by atoms with Gasteiger partial charge in [-0.25, -0.2) is 4.98 Å². The average molecular weight is 393 g/mol. The summed E-state index contributed by atoms with van der Waals surface area (Å²) in [4.78, 5) is 32.2. The maximum absolute atomic E-state index is 12.4. The molecule has 2 amide bonds. The van der Waals surface area contributed by atoms with Crippen molar-refractivity contribution in [3.8, 4) is 0 Å². The van der Waals surface area contributed by atoms with Crippen LogP contribution in [-0.2, 0) is 9.59 Å². The van der Waals surface area contributed by atoms with E-state index in [1.165, 1.54) is 6.07 Å². The smallest absolute Gasteiger partial charge is 0.233 e. The first kappa shape index (κ1) is 18.5. The van der Waals surface area contributed by atoms with Gasteiger partial charge in [-0.15, -0.1) is 0 Å². The third-order valence-electron chi connectivity index (χ3n) is 4.15. The molecule has 0 atom stereocenters. The first-order valence-corrected chi connectivity index (χ1v) is 8.98. The predicted octanol–water partition coefficient (Wildman–Crippen LogP) is 3.07. The minimum Gasteiger partial charge on any atom is -0.368 e. The van der Waals surface area contributed by atoms with Crippen LogP contribution in [-0.4, -0.2) is 47.9 Å². The normalized spacial score (nSPS) is 14.2. The summed E-state index contributed by atoms with van der Waals surface area (Å²) in [7, 11) is 0. The van der Waals surface area contributed by atoms with E-state index in [0.29, 0.717) is 18.8 Å². The summed E-state index contributed by atoms with van der Waals surface area (Å²) in [6.07, 6.45) is -0.232. The number of halogens is 2. The third kappa shape index (κ3) is 4.65. The van der Waals surface area contributed by atoms with Crippen LogP contribution in [0.5, 0.6) is 0 Å². The molecule has 1 aliphatic rings. The maximum Gasteiger partial charge on any atom is 0.233 e. The number of nitrogens with zero attached hydrogens (tertiary/aromatic N) is 3. The number of aromatic nitrogens is 1. The fourth-order valence-corrected chi connectivity index (χ4v) is 3.19.